The molecule has 0 amide bonds. The minimum atomic E-state index is -1.26. The van der Waals surface area contributed by atoms with Crippen LogP contribution in [0.25, 0.3) is 0 Å². The predicted octanol–water partition coefficient (Wildman–Crippen LogP) is 5.04. The first-order chi connectivity index (χ1) is 14.4. The molecule has 0 N–H and O–H groups in total. The van der Waals surface area contributed by atoms with Gasteiger partial charge in [0.25, 0.3) is 5.69 Å². The van der Waals surface area contributed by atoms with Crippen LogP contribution in [0.5, 0.6) is 5.75 Å². The highest BCUT2D eigenvalue weighted by molar-refractivity contribution is 6.33. The summed E-state index contributed by atoms with van der Waals surface area (Å²) in [5.74, 6) is -0.832. The molecule has 152 valence electrons. The summed E-state index contributed by atoms with van der Waals surface area (Å²) >= 11 is 6.03. The van der Waals surface area contributed by atoms with Crippen molar-refractivity contribution in [2.45, 2.75) is 6.10 Å². The Bertz CT molecular complexity index is 1080. The molecule has 0 spiro atoms. The van der Waals surface area contributed by atoms with Crippen LogP contribution in [0.1, 0.15) is 32.4 Å². The Labute approximate surface area is 177 Å². The second-order valence-corrected chi connectivity index (χ2v) is 6.62. The Balaban J connectivity index is 1.95. The number of hydrogen-bond acceptors (Lipinski definition) is 6. The number of nitro groups is 1. The average Bonchev–Trinajstić information content (AvgIpc) is 2.77. The molecule has 30 heavy (non-hydrogen) atoms. The van der Waals surface area contributed by atoms with Gasteiger partial charge >= 0.3 is 5.97 Å². The van der Waals surface area contributed by atoms with Crippen molar-refractivity contribution in [2.24, 2.45) is 0 Å². The Morgan fingerprint density at radius 1 is 1.00 bits per heavy atom. The summed E-state index contributed by atoms with van der Waals surface area (Å²) in [6.45, 7) is 0. The molecule has 0 heterocycles. The SMILES string of the molecule is COc1ccc(C(=O)[C@@H](OC(=O)c2cc([N+](=O)[O-])ccc2Cl)c2ccccc2)cc1. The van der Waals surface area contributed by atoms with Crippen LogP contribution in [-0.4, -0.2) is 23.8 Å². The van der Waals surface area contributed by atoms with E-state index in [0.717, 1.165) is 6.07 Å². The minimum absolute atomic E-state index is 0.0192. The van der Waals surface area contributed by atoms with E-state index in [1.807, 2.05) is 0 Å². The number of ether oxygens (including phenoxy) is 2. The van der Waals surface area contributed by atoms with Gasteiger partial charge < -0.3 is 9.47 Å². The van der Waals surface area contributed by atoms with E-state index >= 15 is 0 Å². The number of carbonyl (C=O) groups excluding carboxylic acids is 2. The summed E-state index contributed by atoms with van der Waals surface area (Å²) < 4.78 is 10.6. The van der Waals surface area contributed by atoms with E-state index in [1.54, 1.807) is 54.6 Å². The fourth-order valence-electron chi connectivity index (χ4n) is 2.76. The van der Waals surface area contributed by atoms with E-state index in [-0.39, 0.29) is 16.3 Å². The molecule has 0 radical (unpaired) electrons. The first-order valence-electron chi connectivity index (χ1n) is 8.79. The van der Waals surface area contributed by atoms with Crippen molar-refractivity contribution < 1.29 is 24.0 Å². The maximum atomic E-state index is 13.1. The van der Waals surface area contributed by atoms with E-state index < -0.39 is 22.8 Å². The number of rotatable bonds is 7. The number of ketones is 1. The van der Waals surface area contributed by atoms with Crippen LogP contribution < -0.4 is 4.74 Å². The molecular formula is C22H16ClNO6. The van der Waals surface area contributed by atoms with Crippen molar-refractivity contribution in [1.29, 1.82) is 0 Å². The first-order valence-corrected chi connectivity index (χ1v) is 9.16. The number of benzene rings is 3. The van der Waals surface area contributed by atoms with Gasteiger partial charge in [-0.3, -0.25) is 14.9 Å². The van der Waals surface area contributed by atoms with Gasteiger partial charge in [-0.1, -0.05) is 41.9 Å². The second-order valence-electron chi connectivity index (χ2n) is 6.21. The van der Waals surface area contributed by atoms with Crippen LogP contribution >= 0.6 is 11.6 Å². The number of carbonyl (C=O) groups is 2. The fraction of sp³-hybridized carbons (Fsp3) is 0.0909. The lowest BCUT2D eigenvalue weighted by Crippen LogP contribution is -2.20. The maximum Gasteiger partial charge on any atom is 0.340 e. The maximum absolute atomic E-state index is 13.1. The third-order valence-electron chi connectivity index (χ3n) is 4.32. The van der Waals surface area contributed by atoms with Crippen LogP contribution in [0.15, 0.2) is 72.8 Å². The van der Waals surface area contributed by atoms with E-state index in [2.05, 4.69) is 0 Å². The van der Waals surface area contributed by atoms with Gasteiger partial charge in [-0.15, -0.1) is 0 Å². The van der Waals surface area contributed by atoms with Gasteiger partial charge in [0.05, 0.1) is 22.6 Å². The molecule has 0 bridgehead atoms. The van der Waals surface area contributed by atoms with Crippen LogP contribution in [-0.2, 0) is 4.74 Å². The third-order valence-corrected chi connectivity index (χ3v) is 4.65. The van der Waals surface area contributed by atoms with Gasteiger partial charge in [0.2, 0.25) is 5.78 Å². The summed E-state index contributed by atoms with van der Waals surface area (Å²) in [6, 6.07) is 18.3. The summed E-state index contributed by atoms with van der Waals surface area (Å²) in [5.41, 5.74) is 0.245. The lowest BCUT2D eigenvalue weighted by molar-refractivity contribution is -0.384. The van der Waals surface area contributed by atoms with Crippen molar-refractivity contribution in [1.82, 2.24) is 0 Å². The molecule has 8 heteroatoms. The predicted molar refractivity (Wildman–Crippen MR) is 110 cm³/mol. The minimum Gasteiger partial charge on any atom is -0.497 e. The second kappa shape index (κ2) is 9.19. The quantitative estimate of drug-likeness (QED) is 0.228. The Hall–Kier alpha value is -3.71. The lowest BCUT2D eigenvalue weighted by atomic mass is 9.99. The molecule has 0 aliphatic heterocycles. The molecule has 7 nitrogen and oxygen atoms in total. The monoisotopic (exact) mass is 425 g/mol. The number of halogens is 1. The van der Waals surface area contributed by atoms with Crippen molar-refractivity contribution in [3.05, 3.63) is 105 Å². The van der Waals surface area contributed by atoms with Gasteiger partial charge in [0.15, 0.2) is 6.10 Å². The van der Waals surface area contributed by atoms with Crippen LogP contribution in [0, 0.1) is 10.1 Å². The average molecular weight is 426 g/mol. The number of hydrogen-bond donors (Lipinski definition) is 0. The topological polar surface area (TPSA) is 95.7 Å². The molecular weight excluding hydrogens is 410 g/mol. The number of nitrogens with zero attached hydrogens (tertiary/aromatic N) is 1. The molecule has 0 aliphatic rings. The zero-order chi connectivity index (χ0) is 21.7. The molecule has 3 aromatic rings. The van der Waals surface area contributed by atoms with Gasteiger partial charge in [0.1, 0.15) is 5.75 Å². The number of non-ortho nitro benzene ring substituents is 1. The standard InChI is InChI=1S/C22H16ClNO6/c1-29-17-10-7-14(8-11-17)20(25)21(15-5-3-2-4-6-15)30-22(26)18-13-16(24(27)28)9-12-19(18)23/h2-13,21H,1H3/t21-/m0/s1. The fourth-order valence-corrected chi connectivity index (χ4v) is 2.96. The lowest BCUT2D eigenvalue weighted by Gasteiger charge is -2.18. The van der Waals surface area contributed by atoms with Crippen LogP contribution in [0.4, 0.5) is 5.69 Å². The summed E-state index contributed by atoms with van der Waals surface area (Å²) in [7, 11) is 1.51. The molecule has 0 fully saturated rings. The number of Topliss-reactive ketones (excluding diaryl/α,β-unsaturated/α-hetero) is 1. The van der Waals surface area contributed by atoms with Crippen molar-refractivity contribution in [3.63, 3.8) is 0 Å². The number of methoxy groups -OCH3 is 1. The molecule has 0 saturated carbocycles. The normalized spacial score (nSPS) is 11.4. The van der Waals surface area contributed by atoms with Gasteiger partial charge in [-0.2, -0.15) is 0 Å². The zero-order valence-electron chi connectivity index (χ0n) is 15.8. The van der Waals surface area contributed by atoms with Gasteiger partial charge in [-0.25, -0.2) is 4.79 Å². The van der Waals surface area contributed by atoms with Crippen LogP contribution in [0.2, 0.25) is 5.02 Å². The van der Waals surface area contributed by atoms with E-state index in [1.165, 1.54) is 19.2 Å². The molecule has 1 atom stereocenters. The smallest absolute Gasteiger partial charge is 0.340 e. The Morgan fingerprint density at radius 3 is 2.27 bits per heavy atom. The zero-order valence-corrected chi connectivity index (χ0v) is 16.5. The Morgan fingerprint density at radius 2 is 1.67 bits per heavy atom. The number of nitro benzene ring substituents is 1. The summed E-state index contributed by atoms with van der Waals surface area (Å²) in [5, 5.41) is 11.0. The molecule has 3 rings (SSSR count). The van der Waals surface area contributed by atoms with Crippen LogP contribution in [0.3, 0.4) is 0 Å². The highest BCUT2D eigenvalue weighted by Gasteiger charge is 2.28. The van der Waals surface area contributed by atoms with Gasteiger partial charge in [-0.05, 0) is 30.3 Å². The van der Waals surface area contributed by atoms with Crippen molar-refractivity contribution in [2.75, 3.05) is 7.11 Å². The highest BCUT2D eigenvalue weighted by atomic mass is 35.5. The van der Waals surface area contributed by atoms with E-state index in [9.17, 15) is 19.7 Å². The van der Waals surface area contributed by atoms with Crippen molar-refractivity contribution in [3.8, 4) is 5.75 Å². The first kappa shape index (κ1) is 21.0. The number of esters is 1. The Kier molecular flexibility index (Phi) is 6.44. The third kappa shape index (κ3) is 4.64. The summed E-state index contributed by atoms with van der Waals surface area (Å²) in [4.78, 5) is 36.2. The largest absolute Gasteiger partial charge is 0.497 e. The molecule has 0 saturated heterocycles. The highest BCUT2D eigenvalue weighted by Crippen LogP contribution is 2.28. The van der Waals surface area contributed by atoms with Crippen molar-refractivity contribution >= 4 is 29.0 Å². The van der Waals surface area contributed by atoms with Gasteiger partial charge in [0, 0.05) is 23.3 Å². The summed E-state index contributed by atoms with van der Waals surface area (Å²) in [6.07, 6.45) is -1.26. The molecule has 3 aromatic carbocycles. The van der Waals surface area contributed by atoms with E-state index in [0.29, 0.717) is 16.9 Å². The van der Waals surface area contributed by atoms with E-state index in [4.69, 9.17) is 21.1 Å². The molecule has 0 aromatic heterocycles. The molecule has 0 aliphatic carbocycles. The molecule has 0 unspecified atom stereocenters.